The topological polar surface area (TPSA) is 45.4 Å². The molecule has 1 aliphatic carbocycles. The van der Waals surface area contributed by atoms with Gasteiger partial charge in [-0.3, -0.25) is 4.90 Å². The second-order valence-corrected chi connectivity index (χ2v) is 9.57. The van der Waals surface area contributed by atoms with Crippen molar-refractivity contribution in [2.24, 2.45) is 5.41 Å². The van der Waals surface area contributed by atoms with E-state index in [0.717, 1.165) is 61.3 Å². The number of hydrogen-bond donors (Lipinski definition) is 0. The monoisotopic (exact) mass is 424 g/mol. The minimum atomic E-state index is -0.295. The maximum absolute atomic E-state index is 13.1. The number of nitrogens with zero attached hydrogens (tertiary/aromatic N) is 4. The SMILES string of the molecule is CN1Cc2cc(Cl)ccc2-c2c(C3CC4(C3)CN(c3ccc(F)cn3)C4)noc2C1. The van der Waals surface area contributed by atoms with E-state index in [1.807, 2.05) is 6.07 Å². The van der Waals surface area contributed by atoms with Gasteiger partial charge in [-0.1, -0.05) is 22.8 Å². The largest absolute Gasteiger partial charge is 0.359 e. The third-order valence-electron chi connectivity index (χ3n) is 6.81. The maximum atomic E-state index is 13.1. The Morgan fingerprint density at radius 3 is 2.77 bits per heavy atom. The summed E-state index contributed by atoms with van der Waals surface area (Å²) in [5, 5.41) is 5.29. The van der Waals surface area contributed by atoms with E-state index in [-0.39, 0.29) is 5.82 Å². The van der Waals surface area contributed by atoms with Crippen LogP contribution in [-0.4, -0.2) is 35.2 Å². The molecule has 5 nitrogen and oxygen atoms in total. The summed E-state index contributed by atoms with van der Waals surface area (Å²) in [6, 6.07) is 9.35. The van der Waals surface area contributed by atoms with Gasteiger partial charge >= 0.3 is 0 Å². The number of hydrogen-bond acceptors (Lipinski definition) is 5. The van der Waals surface area contributed by atoms with Crippen LogP contribution in [0.15, 0.2) is 41.1 Å². The highest BCUT2D eigenvalue weighted by Crippen LogP contribution is 2.58. The molecule has 0 bridgehead atoms. The van der Waals surface area contributed by atoms with Crippen molar-refractivity contribution in [2.75, 3.05) is 25.0 Å². The molecule has 1 saturated carbocycles. The molecule has 154 valence electrons. The number of pyridine rings is 1. The minimum Gasteiger partial charge on any atom is -0.359 e. The molecule has 0 atom stereocenters. The minimum absolute atomic E-state index is 0.295. The van der Waals surface area contributed by atoms with Crippen molar-refractivity contribution in [1.29, 1.82) is 0 Å². The number of anilines is 1. The number of benzene rings is 1. The average molecular weight is 425 g/mol. The Kier molecular flexibility index (Phi) is 3.99. The molecule has 1 aromatic carbocycles. The van der Waals surface area contributed by atoms with Gasteiger partial charge in [-0.25, -0.2) is 9.37 Å². The first-order valence-electron chi connectivity index (χ1n) is 10.3. The summed E-state index contributed by atoms with van der Waals surface area (Å²) in [6.07, 6.45) is 3.49. The Bertz CT molecular complexity index is 1110. The lowest BCUT2D eigenvalue weighted by Crippen LogP contribution is -2.62. The molecule has 0 radical (unpaired) electrons. The number of fused-ring (bicyclic) bond motifs is 3. The molecule has 3 aliphatic rings. The third kappa shape index (κ3) is 2.85. The van der Waals surface area contributed by atoms with Crippen molar-refractivity contribution in [2.45, 2.75) is 31.8 Å². The van der Waals surface area contributed by atoms with Crippen LogP contribution in [0.3, 0.4) is 0 Å². The van der Waals surface area contributed by atoms with Gasteiger partial charge in [0, 0.05) is 41.6 Å². The summed E-state index contributed by atoms with van der Waals surface area (Å²) in [6.45, 7) is 3.53. The Morgan fingerprint density at radius 2 is 2.00 bits per heavy atom. The van der Waals surface area contributed by atoms with E-state index in [0.29, 0.717) is 11.3 Å². The molecule has 7 heteroatoms. The van der Waals surface area contributed by atoms with E-state index in [4.69, 9.17) is 16.1 Å². The van der Waals surface area contributed by atoms with E-state index in [1.54, 1.807) is 6.07 Å². The number of halogens is 2. The van der Waals surface area contributed by atoms with Crippen molar-refractivity contribution in [3.8, 4) is 11.1 Å². The predicted molar refractivity (Wildman–Crippen MR) is 113 cm³/mol. The molecule has 30 heavy (non-hydrogen) atoms. The van der Waals surface area contributed by atoms with E-state index in [1.165, 1.54) is 29.0 Å². The fourth-order valence-corrected chi connectivity index (χ4v) is 5.65. The van der Waals surface area contributed by atoms with Crippen LogP contribution in [0.5, 0.6) is 0 Å². The first kappa shape index (κ1) is 18.3. The van der Waals surface area contributed by atoms with Crippen LogP contribution < -0.4 is 4.90 Å². The predicted octanol–water partition coefficient (Wildman–Crippen LogP) is 4.86. The highest BCUT2D eigenvalue weighted by Gasteiger charge is 2.54. The van der Waals surface area contributed by atoms with Crippen LogP contribution in [0.1, 0.15) is 35.8 Å². The Hall–Kier alpha value is -2.44. The zero-order valence-electron chi connectivity index (χ0n) is 16.7. The van der Waals surface area contributed by atoms with Crippen LogP contribution in [0, 0.1) is 11.2 Å². The van der Waals surface area contributed by atoms with E-state index in [9.17, 15) is 4.39 Å². The van der Waals surface area contributed by atoms with Crippen molar-refractivity contribution < 1.29 is 8.91 Å². The normalized spacial score (nSPS) is 20.3. The van der Waals surface area contributed by atoms with E-state index in [2.05, 4.69) is 39.1 Å². The van der Waals surface area contributed by atoms with Crippen molar-refractivity contribution >= 4 is 17.4 Å². The summed E-state index contributed by atoms with van der Waals surface area (Å²) in [5.74, 6) is 1.92. The van der Waals surface area contributed by atoms with Crippen molar-refractivity contribution in [3.05, 3.63) is 64.4 Å². The average Bonchev–Trinajstić information content (AvgIpc) is 2.97. The molecule has 0 amide bonds. The van der Waals surface area contributed by atoms with Crippen LogP contribution in [0.2, 0.25) is 5.02 Å². The molecule has 2 fully saturated rings. The first-order chi connectivity index (χ1) is 14.5. The van der Waals surface area contributed by atoms with Crippen molar-refractivity contribution in [3.63, 3.8) is 0 Å². The van der Waals surface area contributed by atoms with Gasteiger partial charge in [0.15, 0.2) is 5.76 Å². The maximum Gasteiger partial charge on any atom is 0.158 e. The van der Waals surface area contributed by atoms with Gasteiger partial charge < -0.3 is 9.42 Å². The summed E-state index contributed by atoms with van der Waals surface area (Å²) >= 11 is 6.27. The lowest BCUT2D eigenvalue weighted by molar-refractivity contribution is 0.0596. The molecule has 1 spiro atoms. The molecular weight excluding hydrogens is 403 g/mol. The van der Waals surface area contributed by atoms with Crippen LogP contribution >= 0.6 is 11.6 Å². The van der Waals surface area contributed by atoms with Gasteiger partial charge in [-0.2, -0.15) is 0 Å². The lowest BCUT2D eigenvalue weighted by atomic mass is 9.56. The molecule has 2 aliphatic heterocycles. The zero-order chi connectivity index (χ0) is 20.5. The summed E-state index contributed by atoms with van der Waals surface area (Å²) < 4.78 is 18.9. The summed E-state index contributed by atoms with van der Waals surface area (Å²) in [7, 11) is 2.09. The smallest absolute Gasteiger partial charge is 0.158 e. The molecule has 0 unspecified atom stereocenters. The van der Waals surface area contributed by atoms with E-state index >= 15 is 0 Å². The van der Waals surface area contributed by atoms with Crippen molar-refractivity contribution in [1.82, 2.24) is 15.0 Å². The fourth-order valence-electron chi connectivity index (χ4n) is 5.46. The second kappa shape index (κ2) is 6.53. The first-order valence-corrected chi connectivity index (χ1v) is 10.7. The molecule has 2 aromatic heterocycles. The number of rotatable bonds is 2. The highest BCUT2D eigenvalue weighted by atomic mass is 35.5. The Morgan fingerprint density at radius 1 is 1.17 bits per heavy atom. The Balaban J connectivity index is 1.23. The molecule has 4 heterocycles. The van der Waals surface area contributed by atoms with Gasteiger partial charge in [0.05, 0.1) is 18.4 Å². The quantitative estimate of drug-likeness (QED) is 0.588. The van der Waals surface area contributed by atoms with Gasteiger partial charge in [-0.15, -0.1) is 0 Å². The summed E-state index contributed by atoms with van der Waals surface area (Å²) in [5.41, 5.74) is 4.99. The fraction of sp³-hybridized carbons (Fsp3) is 0.391. The van der Waals surface area contributed by atoms with Gasteiger partial charge in [0.1, 0.15) is 11.6 Å². The van der Waals surface area contributed by atoms with Crippen LogP contribution in [-0.2, 0) is 13.1 Å². The molecule has 3 aromatic rings. The van der Waals surface area contributed by atoms with Gasteiger partial charge in [-0.05, 0) is 55.3 Å². The zero-order valence-corrected chi connectivity index (χ0v) is 17.5. The standard InChI is InChI=1S/C23H22ClFN4O/c1-28-10-14-6-16(24)2-4-18(14)21-19(11-28)30-27-22(21)15-7-23(8-15)12-29(13-23)20-5-3-17(25)9-26-20/h2-6,9,15H,7-8,10-13H2,1H3. The molecule has 1 saturated heterocycles. The lowest BCUT2D eigenvalue weighted by Gasteiger charge is -2.59. The van der Waals surface area contributed by atoms with Gasteiger partial charge in [0.2, 0.25) is 0 Å². The highest BCUT2D eigenvalue weighted by molar-refractivity contribution is 6.30. The number of aromatic nitrogens is 2. The van der Waals surface area contributed by atoms with Crippen LogP contribution in [0.4, 0.5) is 10.2 Å². The molecule has 0 N–H and O–H groups in total. The van der Waals surface area contributed by atoms with Crippen LogP contribution in [0.25, 0.3) is 11.1 Å². The third-order valence-corrected chi connectivity index (χ3v) is 7.05. The van der Waals surface area contributed by atoms with Gasteiger partial charge in [0.25, 0.3) is 0 Å². The summed E-state index contributed by atoms with van der Waals surface area (Å²) in [4.78, 5) is 8.67. The van der Waals surface area contributed by atoms with E-state index < -0.39 is 0 Å². The second-order valence-electron chi connectivity index (χ2n) is 9.14. The molecular formula is C23H22ClFN4O. The molecule has 6 rings (SSSR count). The Labute approximate surface area is 179 Å².